The van der Waals surface area contributed by atoms with Crippen LogP contribution in [0.25, 0.3) is 0 Å². The highest BCUT2D eigenvalue weighted by Gasteiger charge is 2.25. The first kappa shape index (κ1) is 17.7. The highest BCUT2D eigenvalue weighted by atomic mass is 16.5. The van der Waals surface area contributed by atoms with Crippen molar-refractivity contribution < 1.29 is 9.53 Å². The number of carbonyl (C=O) groups is 1. The second-order valence-electron chi connectivity index (χ2n) is 5.32. The Labute approximate surface area is 128 Å². The highest BCUT2D eigenvalue weighted by Crippen LogP contribution is 2.26. The average molecular weight is 292 g/mol. The van der Waals surface area contributed by atoms with Crippen molar-refractivity contribution in [2.24, 2.45) is 11.7 Å². The van der Waals surface area contributed by atoms with Gasteiger partial charge in [0.1, 0.15) is 0 Å². The Morgan fingerprint density at radius 2 is 2.00 bits per heavy atom. The average Bonchev–Trinajstić information content (AvgIpc) is 2.51. The molecule has 0 radical (unpaired) electrons. The van der Waals surface area contributed by atoms with Gasteiger partial charge in [0.05, 0.1) is 12.5 Å². The molecule has 1 rings (SSSR count). The van der Waals surface area contributed by atoms with Gasteiger partial charge in [0, 0.05) is 19.7 Å². The van der Waals surface area contributed by atoms with Crippen molar-refractivity contribution in [2.45, 2.75) is 32.6 Å². The second-order valence-corrected chi connectivity index (χ2v) is 5.32. The monoisotopic (exact) mass is 292 g/mol. The van der Waals surface area contributed by atoms with Crippen molar-refractivity contribution in [3.8, 4) is 0 Å². The molecule has 2 unspecified atom stereocenters. The van der Waals surface area contributed by atoms with E-state index >= 15 is 0 Å². The maximum Gasteiger partial charge on any atom is 0.227 e. The Kier molecular flexibility index (Phi) is 8.71. The van der Waals surface area contributed by atoms with Gasteiger partial charge in [-0.2, -0.15) is 0 Å². The Bertz CT molecular complexity index is 395. The molecule has 1 amide bonds. The van der Waals surface area contributed by atoms with Gasteiger partial charge in [-0.3, -0.25) is 4.79 Å². The summed E-state index contributed by atoms with van der Waals surface area (Å²) in [5.41, 5.74) is 6.44. The molecule has 1 aromatic rings. The number of benzene rings is 1. The molecule has 0 saturated carbocycles. The molecule has 3 N–H and O–H groups in total. The maximum absolute atomic E-state index is 12.5. The number of nitrogens with one attached hydrogen (secondary N) is 1. The predicted octanol–water partition coefficient (Wildman–Crippen LogP) is 2.30. The van der Waals surface area contributed by atoms with Crippen LogP contribution in [-0.4, -0.2) is 32.2 Å². The van der Waals surface area contributed by atoms with Crippen LogP contribution in [0.3, 0.4) is 0 Å². The van der Waals surface area contributed by atoms with E-state index in [1.165, 1.54) is 0 Å². The van der Waals surface area contributed by atoms with Gasteiger partial charge in [-0.1, -0.05) is 50.6 Å². The minimum atomic E-state index is -0.0823. The molecule has 0 fully saturated rings. The Morgan fingerprint density at radius 3 is 2.62 bits per heavy atom. The molecule has 0 aliphatic heterocycles. The number of hydrogen-bond donors (Lipinski definition) is 2. The van der Waals surface area contributed by atoms with E-state index in [-0.39, 0.29) is 11.8 Å². The van der Waals surface area contributed by atoms with Gasteiger partial charge >= 0.3 is 0 Å². The SMILES string of the molecule is CCC(C)C(C(=O)NCCCOCCN)c1ccccc1. The van der Waals surface area contributed by atoms with Crippen molar-refractivity contribution >= 4 is 5.91 Å². The molecule has 0 heterocycles. The van der Waals surface area contributed by atoms with Gasteiger partial charge in [0.15, 0.2) is 0 Å². The van der Waals surface area contributed by atoms with Gasteiger partial charge in [0.2, 0.25) is 5.91 Å². The molecular formula is C17H28N2O2. The summed E-state index contributed by atoms with van der Waals surface area (Å²) in [5.74, 6) is 0.344. The van der Waals surface area contributed by atoms with Crippen LogP contribution in [-0.2, 0) is 9.53 Å². The summed E-state index contributed by atoms with van der Waals surface area (Å²) in [7, 11) is 0. The molecular weight excluding hydrogens is 264 g/mol. The lowest BCUT2D eigenvalue weighted by molar-refractivity contribution is -0.123. The van der Waals surface area contributed by atoms with Crippen LogP contribution in [0, 0.1) is 5.92 Å². The molecule has 4 nitrogen and oxygen atoms in total. The van der Waals surface area contributed by atoms with Gasteiger partial charge < -0.3 is 15.8 Å². The standard InChI is InChI=1S/C17H28N2O2/c1-3-14(2)16(15-8-5-4-6-9-15)17(20)19-11-7-12-21-13-10-18/h4-6,8-9,14,16H,3,7,10-13,18H2,1-2H3,(H,19,20). The van der Waals surface area contributed by atoms with E-state index in [0.29, 0.717) is 32.2 Å². The van der Waals surface area contributed by atoms with E-state index in [4.69, 9.17) is 10.5 Å². The number of hydrogen-bond acceptors (Lipinski definition) is 3. The summed E-state index contributed by atoms with van der Waals surface area (Å²) in [5, 5.41) is 3.02. The lowest BCUT2D eigenvalue weighted by Crippen LogP contribution is -2.33. The van der Waals surface area contributed by atoms with Crippen LogP contribution in [0.2, 0.25) is 0 Å². The fourth-order valence-electron chi connectivity index (χ4n) is 2.32. The van der Waals surface area contributed by atoms with Crippen LogP contribution in [0.5, 0.6) is 0 Å². The van der Waals surface area contributed by atoms with Crippen LogP contribution in [0.15, 0.2) is 30.3 Å². The third kappa shape index (κ3) is 6.27. The molecule has 0 bridgehead atoms. The van der Waals surface area contributed by atoms with Crippen LogP contribution in [0.1, 0.15) is 38.2 Å². The van der Waals surface area contributed by atoms with E-state index in [2.05, 4.69) is 19.2 Å². The molecule has 0 aromatic heterocycles. The predicted molar refractivity (Wildman–Crippen MR) is 86.1 cm³/mol. The summed E-state index contributed by atoms with van der Waals surface area (Å²) in [4.78, 5) is 12.5. The summed E-state index contributed by atoms with van der Waals surface area (Å²) in [6.45, 7) is 6.64. The third-order valence-electron chi connectivity index (χ3n) is 3.68. The lowest BCUT2D eigenvalue weighted by atomic mass is 9.85. The van der Waals surface area contributed by atoms with E-state index < -0.39 is 0 Å². The van der Waals surface area contributed by atoms with Crippen molar-refractivity contribution in [3.05, 3.63) is 35.9 Å². The number of rotatable bonds is 10. The first-order chi connectivity index (χ1) is 10.2. The first-order valence-corrected chi connectivity index (χ1v) is 7.81. The summed E-state index contributed by atoms with van der Waals surface area (Å²) < 4.78 is 5.30. The first-order valence-electron chi connectivity index (χ1n) is 7.81. The van der Waals surface area contributed by atoms with Crippen molar-refractivity contribution in [3.63, 3.8) is 0 Å². The van der Waals surface area contributed by atoms with E-state index in [9.17, 15) is 4.79 Å². The Hall–Kier alpha value is -1.39. The fourth-order valence-corrected chi connectivity index (χ4v) is 2.32. The fraction of sp³-hybridized carbons (Fsp3) is 0.588. The largest absolute Gasteiger partial charge is 0.380 e. The minimum Gasteiger partial charge on any atom is -0.380 e. The summed E-state index contributed by atoms with van der Waals surface area (Å²) in [6, 6.07) is 10.0. The molecule has 2 atom stereocenters. The summed E-state index contributed by atoms with van der Waals surface area (Å²) >= 11 is 0. The highest BCUT2D eigenvalue weighted by molar-refractivity contribution is 5.83. The molecule has 118 valence electrons. The van der Waals surface area contributed by atoms with Crippen LogP contribution < -0.4 is 11.1 Å². The molecule has 21 heavy (non-hydrogen) atoms. The van der Waals surface area contributed by atoms with Crippen molar-refractivity contribution in [1.29, 1.82) is 0 Å². The molecule has 0 spiro atoms. The zero-order valence-electron chi connectivity index (χ0n) is 13.2. The minimum absolute atomic E-state index is 0.0823. The van der Waals surface area contributed by atoms with Gasteiger partial charge in [0.25, 0.3) is 0 Å². The Morgan fingerprint density at radius 1 is 1.29 bits per heavy atom. The topological polar surface area (TPSA) is 64.3 Å². The Balaban J connectivity index is 2.49. The van der Waals surface area contributed by atoms with Crippen LogP contribution >= 0.6 is 0 Å². The number of carbonyl (C=O) groups excluding carboxylic acids is 1. The van der Waals surface area contributed by atoms with E-state index in [0.717, 1.165) is 18.4 Å². The zero-order chi connectivity index (χ0) is 15.5. The maximum atomic E-state index is 12.5. The van der Waals surface area contributed by atoms with Crippen molar-refractivity contribution in [1.82, 2.24) is 5.32 Å². The van der Waals surface area contributed by atoms with Gasteiger partial charge in [-0.15, -0.1) is 0 Å². The van der Waals surface area contributed by atoms with E-state index in [1.807, 2.05) is 30.3 Å². The molecule has 0 saturated heterocycles. The third-order valence-corrected chi connectivity index (χ3v) is 3.68. The van der Waals surface area contributed by atoms with Gasteiger partial charge in [-0.05, 0) is 17.9 Å². The quantitative estimate of drug-likeness (QED) is 0.650. The molecule has 0 aliphatic carbocycles. The second kappa shape index (κ2) is 10.4. The molecule has 4 heteroatoms. The van der Waals surface area contributed by atoms with E-state index in [1.54, 1.807) is 0 Å². The molecule has 0 aliphatic rings. The van der Waals surface area contributed by atoms with Crippen molar-refractivity contribution in [2.75, 3.05) is 26.3 Å². The number of nitrogens with two attached hydrogens (primary N) is 1. The molecule has 1 aromatic carbocycles. The zero-order valence-corrected chi connectivity index (χ0v) is 13.2. The van der Waals surface area contributed by atoms with Crippen LogP contribution in [0.4, 0.5) is 0 Å². The normalized spacial score (nSPS) is 13.7. The van der Waals surface area contributed by atoms with Gasteiger partial charge in [-0.25, -0.2) is 0 Å². The number of amides is 1. The lowest BCUT2D eigenvalue weighted by Gasteiger charge is -2.22. The smallest absolute Gasteiger partial charge is 0.227 e. The summed E-state index contributed by atoms with van der Waals surface area (Å²) in [6.07, 6.45) is 1.79. The number of ether oxygens (including phenoxy) is 1.